The van der Waals surface area contributed by atoms with Crippen molar-refractivity contribution in [1.29, 1.82) is 0 Å². The minimum Gasteiger partial charge on any atom is -0.462 e. The van der Waals surface area contributed by atoms with E-state index in [0.29, 0.717) is 19.3 Å². The van der Waals surface area contributed by atoms with E-state index in [-0.39, 0.29) is 37.5 Å². The van der Waals surface area contributed by atoms with Gasteiger partial charge < -0.3 is 14.2 Å². The topological polar surface area (TPSA) is 78.9 Å². The molecule has 0 aliphatic carbocycles. The van der Waals surface area contributed by atoms with Crippen molar-refractivity contribution in [2.24, 2.45) is 0 Å². The summed E-state index contributed by atoms with van der Waals surface area (Å²) in [5.41, 5.74) is 0. The molecular weight excluding hydrogens is 648 g/mol. The third-order valence-corrected chi connectivity index (χ3v) is 7.81. The fraction of sp³-hybridized carbons (Fsp3) is 0.587. The molecule has 0 spiro atoms. The van der Waals surface area contributed by atoms with Gasteiger partial charge in [-0.1, -0.05) is 124 Å². The summed E-state index contributed by atoms with van der Waals surface area (Å²) in [6.07, 6.45) is 51.3. The minimum atomic E-state index is -0.817. The third kappa shape index (κ3) is 37.6. The van der Waals surface area contributed by atoms with Crippen molar-refractivity contribution in [3.05, 3.63) is 97.2 Å². The van der Waals surface area contributed by atoms with Gasteiger partial charge in [-0.25, -0.2) is 0 Å². The third-order valence-electron chi connectivity index (χ3n) is 7.81. The first kappa shape index (κ1) is 48.3. The SMILES string of the molecule is CC/C=C\C/C=C\C/C=C\C/C=C\CCCCCC(=O)OCC(COC(=O)CCCC/C=C\C/C=C\CC)OC(=O)CCCC/C=C\C/C=C\CC. The van der Waals surface area contributed by atoms with Crippen LogP contribution in [0, 0.1) is 0 Å². The second kappa shape index (κ2) is 40.1. The highest BCUT2D eigenvalue weighted by Gasteiger charge is 2.19. The highest BCUT2D eigenvalue weighted by molar-refractivity contribution is 5.71. The van der Waals surface area contributed by atoms with Crippen LogP contribution in [0.5, 0.6) is 0 Å². The van der Waals surface area contributed by atoms with Crippen molar-refractivity contribution in [2.45, 2.75) is 162 Å². The molecule has 0 aliphatic rings. The lowest BCUT2D eigenvalue weighted by Crippen LogP contribution is -2.30. The molecule has 0 radical (unpaired) electrons. The van der Waals surface area contributed by atoms with Gasteiger partial charge in [0.25, 0.3) is 0 Å². The molecule has 292 valence electrons. The van der Waals surface area contributed by atoms with E-state index in [2.05, 4.69) is 118 Å². The lowest BCUT2D eigenvalue weighted by molar-refractivity contribution is -0.167. The van der Waals surface area contributed by atoms with Crippen LogP contribution in [-0.2, 0) is 28.6 Å². The normalized spacial score (nSPS) is 13.1. The Labute approximate surface area is 317 Å². The molecule has 0 saturated heterocycles. The van der Waals surface area contributed by atoms with Crippen LogP contribution in [0.4, 0.5) is 0 Å². The van der Waals surface area contributed by atoms with Gasteiger partial charge in [-0.15, -0.1) is 0 Å². The Kier molecular flexibility index (Phi) is 37.3. The first-order valence-corrected chi connectivity index (χ1v) is 20.2. The number of hydrogen-bond acceptors (Lipinski definition) is 6. The van der Waals surface area contributed by atoms with Crippen molar-refractivity contribution in [3.8, 4) is 0 Å². The predicted molar refractivity (Wildman–Crippen MR) is 219 cm³/mol. The van der Waals surface area contributed by atoms with Gasteiger partial charge in [-0.2, -0.15) is 0 Å². The van der Waals surface area contributed by atoms with Crippen LogP contribution in [0.15, 0.2) is 97.2 Å². The van der Waals surface area contributed by atoms with Crippen LogP contribution in [-0.4, -0.2) is 37.2 Å². The second-order valence-corrected chi connectivity index (χ2v) is 12.7. The number of allylic oxidation sites excluding steroid dienone is 16. The first-order chi connectivity index (χ1) is 25.5. The van der Waals surface area contributed by atoms with E-state index in [1.807, 2.05) is 0 Å². The molecule has 52 heavy (non-hydrogen) atoms. The molecule has 0 aromatic carbocycles. The standard InChI is InChI=1S/C46H72O6/c1-4-7-10-13-16-19-20-21-22-23-24-25-28-30-33-36-39-45(48)51-42-43(52-46(49)40-37-34-31-27-18-15-12-9-6-3)41-50-44(47)38-35-32-29-26-17-14-11-8-5-2/h7-12,16-19,21-22,24-27,43H,4-6,13-15,20,23,28-42H2,1-3H3/b10-7-,11-8-,12-9-,19-16-,22-21-,25-24-,26-17-,27-18-. The van der Waals surface area contributed by atoms with E-state index in [1.165, 1.54) is 0 Å². The summed E-state index contributed by atoms with van der Waals surface area (Å²) in [6.45, 7) is 6.13. The fourth-order valence-corrected chi connectivity index (χ4v) is 4.86. The Hall–Kier alpha value is -3.67. The lowest BCUT2D eigenvalue weighted by Gasteiger charge is -2.18. The Morgan fingerprint density at radius 2 is 0.692 bits per heavy atom. The molecule has 6 heteroatoms. The highest BCUT2D eigenvalue weighted by atomic mass is 16.6. The summed E-state index contributed by atoms with van der Waals surface area (Å²) in [7, 11) is 0. The van der Waals surface area contributed by atoms with Crippen LogP contribution < -0.4 is 0 Å². The van der Waals surface area contributed by atoms with E-state index in [0.717, 1.165) is 109 Å². The van der Waals surface area contributed by atoms with Crippen LogP contribution in [0.2, 0.25) is 0 Å². The maximum absolute atomic E-state index is 12.6. The molecule has 0 aromatic rings. The van der Waals surface area contributed by atoms with Gasteiger partial charge in [0.15, 0.2) is 6.10 Å². The quantitative estimate of drug-likeness (QED) is 0.0285. The molecule has 0 saturated carbocycles. The van der Waals surface area contributed by atoms with Crippen LogP contribution in [0.1, 0.15) is 156 Å². The monoisotopic (exact) mass is 721 g/mol. The lowest BCUT2D eigenvalue weighted by atomic mass is 10.1. The average Bonchev–Trinajstić information content (AvgIpc) is 3.14. The molecule has 0 heterocycles. The Morgan fingerprint density at radius 1 is 0.385 bits per heavy atom. The summed E-state index contributed by atoms with van der Waals surface area (Å²) >= 11 is 0. The van der Waals surface area contributed by atoms with Crippen molar-refractivity contribution >= 4 is 17.9 Å². The summed E-state index contributed by atoms with van der Waals surface area (Å²) in [5.74, 6) is -1.04. The number of hydrogen-bond donors (Lipinski definition) is 0. The Bertz CT molecular complexity index is 1100. The summed E-state index contributed by atoms with van der Waals surface area (Å²) in [6, 6.07) is 0. The molecule has 0 aromatic heterocycles. The maximum Gasteiger partial charge on any atom is 0.306 e. The summed E-state index contributed by atoms with van der Waals surface area (Å²) < 4.78 is 16.5. The van der Waals surface area contributed by atoms with Gasteiger partial charge >= 0.3 is 17.9 Å². The van der Waals surface area contributed by atoms with Gasteiger partial charge in [0.1, 0.15) is 13.2 Å². The second-order valence-electron chi connectivity index (χ2n) is 12.7. The Morgan fingerprint density at radius 3 is 1.08 bits per heavy atom. The average molecular weight is 721 g/mol. The van der Waals surface area contributed by atoms with Gasteiger partial charge in [-0.3, -0.25) is 14.4 Å². The van der Waals surface area contributed by atoms with Crippen molar-refractivity contribution in [1.82, 2.24) is 0 Å². The van der Waals surface area contributed by atoms with Crippen LogP contribution >= 0.6 is 0 Å². The summed E-state index contributed by atoms with van der Waals surface area (Å²) in [4.78, 5) is 37.4. The van der Waals surface area contributed by atoms with Crippen molar-refractivity contribution in [3.63, 3.8) is 0 Å². The maximum atomic E-state index is 12.6. The number of esters is 3. The number of carbonyl (C=O) groups is 3. The molecule has 6 nitrogen and oxygen atoms in total. The van der Waals surface area contributed by atoms with E-state index in [9.17, 15) is 14.4 Å². The molecule has 1 unspecified atom stereocenters. The molecule has 0 amide bonds. The predicted octanol–water partition coefficient (Wildman–Crippen LogP) is 12.7. The van der Waals surface area contributed by atoms with Gasteiger partial charge in [-0.05, 0) is 109 Å². The Balaban J connectivity index is 4.48. The van der Waals surface area contributed by atoms with Gasteiger partial charge in [0, 0.05) is 19.3 Å². The van der Waals surface area contributed by atoms with E-state index < -0.39 is 6.10 Å². The number of ether oxygens (including phenoxy) is 3. The van der Waals surface area contributed by atoms with E-state index in [1.54, 1.807) is 0 Å². The smallest absolute Gasteiger partial charge is 0.306 e. The van der Waals surface area contributed by atoms with Crippen molar-refractivity contribution < 1.29 is 28.6 Å². The zero-order valence-corrected chi connectivity index (χ0v) is 33.0. The van der Waals surface area contributed by atoms with Gasteiger partial charge in [0.05, 0.1) is 0 Å². The van der Waals surface area contributed by atoms with Crippen LogP contribution in [0.25, 0.3) is 0 Å². The molecular formula is C46H72O6. The fourth-order valence-electron chi connectivity index (χ4n) is 4.86. The number of rotatable bonds is 34. The largest absolute Gasteiger partial charge is 0.462 e. The number of unbranched alkanes of at least 4 members (excludes halogenated alkanes) is 7. The zero-order valence-electron chi connectivity index (χ0n) is 33.0. The van der Waals surface area contributed by atoms with E-state index >= 15 is 0 Å². The van der Waals surface area contributed by atoms with Crippen molar-refractivity contribution in [2.75, 3.05) is 13.2 Å². The molecule has 1 atom stereocenters. The van der Waals surface area contributed by atoms with Crippen LogP contribution in [0.3, 0.4) is 0 Å². The first-order valence-electron chi connectivity index (χ1n) is 20.2. The molecule has 0 aliphatic heterocycles. The van der Waals surface area contributed by atoms with Gasteiger partial charge in [0.2, 0.25) is 0 Å². The number of carbonyl (C=O) groups excluding carboxylic acids is 3. The molecule has 0 bridgehead atoms. The molecule has 0 N–H and O–H groups in total. The summed E-state index contributed by atoms with van der Waals surface area (Å²) in [5, 5.41) is 0. The van der Waals surface area contributed by atoms with E-state index in [4.69, 9.17) is 14.2 Å². The molecule has 0 rings (SSSR count). The molecule has 0 fully saturated rings. The zero-order chi connectivity index (χ0) is 38.0. The minimum absolute atomic E-state index is 0.120. The highest BCUT2D eigenvalue weighted by Crippen LogP contribution is 2.10.